The highest BCUT2D eigenvalue weighted by Crippen LogP contribution is 2.24. The molecule has 0 radical (unpaired) electrons. The van der Waals surface area contributed by atoms with Gasteiger partial charge < -0.3 is 5.32 Å². The maximum atomic E-state index is 13.1. The molecule has 1 aliphatic heterocycles. The van der Waals surface area contributed by atoms with Gasteiger partial charge in [0.05, 0.1) is 4.90 Å². The number of nitrogens with zero attached hydrogens (tertiary/aromatic N) is 1. The highest BCUT2D eigenvalue weighted by Gasteiger charge is 2.32. The van der Waals surface area contributed by atoms with Crippen molar-refractivity contribution in [1.82, 2.24) is 9.62 Å². The quantitative estimate of drug-likeness (QED) is 0.848. The number of amides is 1. The second kappa shape index (κ2) is 7.60. The normalized spacial score (nSPS) is 17.7. The summed E-state index contributed by atoms with van der Waals surface area (Å²) >= 11 is 0. The summed E-state index contributed by atoms with van der Waals surface area (Å²) in [6, 6.07) is 16.5. The van der Waals surface area contributed by atoms with Crippen LogP contribution in [0.4, 0.5) is 0 Å². The van der Waals surface area contributed by atoms with Crippen LogP contribution in [0.1, 0.15) is 26.7 Å². The number of sulfonamides is 1. The number of benzene rings is 2. The van der Waals surface area contributed by atoms with Crippen molar-refractivity contribution in [2.75, 3.05) is 6.54 Å². The minimum absolute atomic E-state index is 0.0108. The van der Waals surface area contributed by atoms with Gasteiger partial charge in [-0.3, -0.25) is 4.79 Å². The topological polar surface area (TPSA) is 66.5 Å². The average molecular weight is 372 g/mol. The summed E-state index contributed by atoms with van der Waals surface area (Å²) in [6.45, 7) is 4.01. The Morgan fingerprint density at radius 1 is 1.04 bits per heavy atom. The SMILES string of the molecule is CC(C)N(CC1CCC(=O)N1)S(=O)(=O)c1ccc(-c2ccccc2)cc1. The summed E-state index contributed by atoms with van der Waals surface area (Å²) in [5.41, 5.74) is 2.02. The lowest BCUT2D eigenvalue weighted by molar-refractivity contribution is -0.119. The third-order valence-electron chi connectivity index (χ3n) is 4.63. The second-order valence-electron chi connectivity index (χ2n) is 6.86. The van der Waals surface area contributed by atoms with Gasteiger partial charge in [-0.2, -0.15) is 4.31 Å². The van der Waals surface area contributed by atoms with Crippen molar-refractivity contribution < 1.29 is 13.2 Å². The average Bonchev–Trinajstić information content (AvgIpc) is 3.05. The molecule has 1 fully saturated rings. The molecular weight excluding hydrogens is 348 g/mol. The first-order valence-electron chi connectivity index (χ1n) is 8.84. The Hall–Kier alpha value is -2.18. The first kappa shape index (κ1) is 18.6. The van der Waals surface area contributed by atoms with E-state index in [9.17, 15) is 13.2 Å². The van der Waals surface area contributed by atoms with Crippen molar-refractivity contribution in [2.24, 2.45) is 0 Å². The first-order valence-corrected chi connectivity index (χ1v) is 10.3. The molecular formula is C20H24N2O3S. The lowest BCUT2D eigenvalue weighted by Crippen LogP contribution is -2.45. The van der Waals surface area contributed by atoms with E-state index in [1.807, 2.05) is 56.3 Å². The molecule has 1 N–H and O–H groups in total. The van der Waals surface area contributed by atoms with Crippen LogP contribution >= 0.6 is 0 Å². The van der Waals surface area contributed by atoms with Gasteiger partial charge in [0.1, 0.15) is 0 Å². The molecule has 6 heteroatoms. The van der Waals surface area contributed by atoms with E-state index >= 15 is 0 Å². The van der Waals surface area contributed by atoms with Gasteiger partial charge in [0, 0.05) is 25.0 Å². The van der Waals surface area contributed by atoms with E-state index in [1.54, 1.807) is 12.1 Å². The Morgan fingerprint density at radius 2 is 1.65 bits per heavy atom. The summed E-state index contributed by atoms with van der Waals surface area (Å²) in [5.74, 6) is -0.0108. The summed E-state index contributed by atoms with van der Waals surface area (Å²) in [6.07, 6.45) is 1.13. The molecule has 0 aromatic heterocycles. The van der Waals surface area contributed by atoms with Crippen molar-refractivity contribution in [3.05, 3.63) is 54.6 Å². The van der Waals surface area contributed by atoms with Crippen molar-refractivity contribution in [1.29, 1.82) is 0 Å². The third kappa shape index (κ3) is 3.97. The Kier molecular flexibility index (Phi) is 5.44. The highest BCUT2D eigenvalue weighted by molar-refractivity contribution is 7.89. The fourth-order valence-corrected chi connectivity index (χ4v) is 4.89. The third-order valence-corrected chi connectivity index (χ3v) is 6.69. The molecule has 2 aromatic carbocycles. The van der Waals surface area contributed by atoms with E-state index in [-0.39, 0.29) is 22.9 Å². The van der Waals surface area contributed by atoms with Crippen molar-refractivity contribution >= 4 is 15.9 Å². The zero-order valence-electron chi connectivity index (χ0n) is 15.1. The maximum Gasteiger partial charge on any atom is 0.243 e. The molecule has 1 heterocycles. The van der Waals surface area contributed by atoms with Gasteiger partial charge in [0.25, 0.3) is 0 Å². The summed E-state index contributed by atoms with van der Waals surface area (Å²) in [4.78, 5) is 11.7. The first-order chi connectivity index (χ1) is 12.4. The number of carbonyl (C=O) groups excluding carboxylic acids is 1. The van der Waals surface area contributed by atoms with Gasteiger partial charge in [-0.05, 0) is 43.5 Å². The minimum Gasteiger partial charge on any atom is -0.352 e. The summed E-state index contributed by atoms with van der Waals surface area (Å²) in [5, 5.41) is 2.85. The zero-order valence-corrected chi connectivity index (χ0v) is 15.9. The monoisotopic (exact) mass is 372 g/mol. The van der Waals surface area contributed by atoms with E-state index in [2.05, 4.69) is 5.32 Å². The summed E-state index contributed by atoms with van der Waals surface area (Å²) < 4.78 is 27.7. The Morgan fingerprint density at radius 3 is 2.19 bits per heavy atom. The van der Waals surface area contributed by atoms with Crippen LogP contribution in [0, 0.1) is 0 Å². The van der Waals surface area contributed by atoms with Gasteiger partial charge in [-0.25, -0.2) is 8.42 Å². The van der Waals surface area contributed by atoms with Crippen LogP contribution in [-0.2, 0) is 14.8 Å². The van der Waals surface area contributed by atoms with Gasteiger partial charge in [0.15, 0.2) is 0 Å². The smallest absolute Gasteiger partial charge is 0.243 e. The fraction of sp³-hybridized carbons (Fsp3) is 0.350. The fourth-order valence-electron chi connectivity index (χ4n) is 3.20. The van der Waals surface area contributed by atoms with Crippen molar-refractivity contribution in [3.8, 4) is 11.1 Å². The van der Waals surface area contributed by atoms with E-state index in [1.165, 1.54) is 4.31 Å². The van der Waals surface area contributed by atoms with Gasteiger partial charge in [0.2, 0.25) is 15.9 Å². The molecule has 1 atom stereocenters. The molecule has 2 aromatic rings. The molecule has 0 aliphatic carbocycles. The van der Waals surface area contributed by atoms with Crippen LogP contribution in [0.25, 0.3) is 11.1 Å². The minimum atomic E-state index is -3.62. The molecule has 0 bridgehead atoms. The van der Waals surface area contributed by atoms with Gasteiger partial charge >= 0.3 is 0 Å². The van der Waals surface area contributed by atoms with Crippen molar-refractivity contribution in [3.63, 3.8) is 0 Å². The van der Waals surface area contributed by atoms with Crippen LogP contribution in [0.15, 0.2) is 59.5 Å². The summed E-state index contributed by atoms with van der Waals surface area (Å²) in [7, 11) is -3.62. The van der Waals surface area contributed by atoms with E-state index in [4.69, 9.17) is 0 Å². The predicted molar refractivity (Wildman–Crippen MR) is 102 cm³/mol. The molecule has 1 unspecified atom stereocenters. The van der Waals surface area contributed by atoms with E-state index in [0.29, 0.717) is 19.4 Å². The molecule has 3 rings (SSSR count). The number of hydrogen-bond acceptors (Lipinski definition) is 3. The van der Waals surface area contributed by atoms with Crippen LogP contribution < -0.4 is 5.32 Å². The maximum absolute atomic E-state index is 13.1. The Labute approximate surface area is 155 Å². The second-order valence-corrected chi connectivity index (χ2v) is 8.75. The number of rotatable bonds is 6. The predicted octanol–water partition coefficient (Wildman–Crippen LogP) is 3.03. The van der Waals surface area contributed by atoms with Crippen molar-refractivity contribution in [2.45, 2.75) is 43.7 Å². The molecule has 5 nitrogen and oxygen atoms in total. The number of hydrogen-bond donors (Lipinski definition) is 1. The van der Waals surface area contributed by atoms with Gasteiger partial charge in [-0.15, -0.1) is 0 Å². The van der Waals surface area contributed by atoms with Crippen LogP contribution in [0.2, 0.25) is 0 Å². The zero-order chi connectivity index (χ0) is 18.7. The largest absolute Gasteiger partial charge is 0.352 e. The molecule has 1 saturated heterocycles. The van der Waals surface area contributed by atoms with E-state index in [0.717, 1.165) is 11.1 Å². The molecule has 138 valence electrons. The number of nitrogens with one attached hydrogen (secondary N) is 1. The van der Waals surface area contributed by atoms with Gasteiger partial charge in [-0.1, -0.05) is 42.5 Å². The molecule has 0 saturated carbocycles. The lowest BCUT2D eigenvalue weighted by atomic mass is 10.1. The van der Waals surface area contributed by atoms with Crippen LogP contribution in [-0.4, -0.2) is 37.3 Å². The number of carbonyl (C=O) groups is 1. The van der Waals surface area contributed by atoms with Crippen LogP contribution in [0.3, 0.4) is 0 Å². The highest BCUT2D eigenvalue weighted by atomic mass is 32.2. The lowest BCUT2D eigenvalue weighted by Gasteiger charge is -2.28. The van der Waals surface area contributed by atoms with E-state index < -0.39 is 10.0 Å². The van der Waals surface area contributed by atoms with Crippen LogP contribution in [0.5, 0.6) is 0 Å². The molecule has 26 heavy (non-hydrogen) atoms. The molecule has 1 amide bonds. The standard InChI is InChI=1S/C20H24N2O3S/c1-15(2)22(14-18-10-13-20(23)21-18)26(24,25)19-11-8-17(9-12-19)16-6-4-3-5-7-16/h3-9,11-12,15,18H,10,13-14H2,1-2H3,(H,21,23). The molecule has 1 aliphatic rings. The molecule has 0 spiro atoms. The Balaban J connectivity index is 1.83. The Bertz CT molecular complexity index is 862.